The van der Waals surface area contributed by atoms with Crippen LogP contribution in [0.25, 0.3) is 11.1 Å². The standard InChI is InChI=1S/C19H25NO3/c1-13(2)11-20-12-15-9-14(5-7-18(15)21)17-10-16(22-3)6-8-19(17)23-4/h5-10,13,20-21H,11-12H2,1-4H3. The van der Waals surface area contributed by atoms with E-state index in [1.54, 1.807) is 20.3 Å². The number of hydrogen-bond donors (Lipinski definition) is 2. The van der Waals surface area contributed by atoms with Crippen molar-refractivity contribution in [3.8, 4) is 28.4 Å². The van der Waals surface area contributed by atoms with Crippen molar-refractivity contribution >= 4 is 0 Å². The largest absolute Gasteiger partial charge is 0.508 e. The Kier molecular flexibility index (Phi) is 5.88. The van der Waals surface area contributed by atoms with E-state index in [0.29, 0.717) is 18.2 Å². The summed E-state index contributed by atoms with van der Waals surface area (Å²) in [5.41, 5.74) is 2.80. The molecule has 0 spiro atoms. The molecule has 4 nitrogen and oxygen atoms in total. The highest BCUT2D eigenvalue weighted by atomic mass is 16.5. The number of phenols is 1. The van der Waals surface area contributed by atoms with E-state index in [4.69, 9.17) is 9.47 Å². The van der Waals surface area contributed by atoms with E-state index >= 15 is 0 Å². The second-order valence-corrected chi connectivity index (χ2v) is 5.93. The number of aromatic hydroxyl groups is 1. The molecule has 0 heterocycles. The first-order valence-corrected chi connectivity index (χ1v) is 7.80. The first-order valence-electron chi connectivity index (χ1n) is 7.80. The zero-order chi connectivity index (χ0) is 16.8. The molecule has 124 valence electrons. The van der Waals surface area contributed by atoms with Crippen molar-refractivity contribution in [1.29, 1.82) is 0 Å². The maximum absolute atomic E-state index is 10.1. The smallest absolute Gasteiger partial charge is 0.126 e. The lowest BCUT2D eigenvalue weighted by molar-refractivity contribution is 0.404. The molecule has 0 bridgehead atoms. The molecule has 0 saturated heterocycles. The van der Waals surface area contributed by atoms with Gasteiger partial charge >= 0.3 is 0 Å². The van der Waals surface area contributed by atoms with Gasteiger partial charge in [0.15, 0.2) is 0 Å². The van der Waals surface area contributed by atoms with Crippen molar-refractivity contribution in [2.45, 2.75) is 20.4 Å². The van der Waals surface area contributed by atoms with Crippen LogP contribution in [0.3, 0.4) is 0 Å². The van der Waals surface area contributed by atoms with Gasteiger partial charge in [0.25, 0.3) is 0 Å². The van der Waals surface area contributed by atoms with Crippen molar-refractivity contribution in [2.75, 3.05) is 20.8 Å². The molecule has 0 unspecified atom stereocenters. The Hall–Kier alpha value is -2.20. The lowest BCUT2D eigenvalue weighted by atomic mass is 10.0. The van der Waals surface area contributed by atoms with Crippen LogP contribution in [0.15, 0.2) is 36.4 Å². The van der Waals surface area contributed by atoms with E-state index in [2.05, 4.69) is 19.2 Å². The highest BCUT2D eigenvalue weighted by molar-refractivity contribution is 5.73. The molecule has 0 aromatic heterocycles. The minimum atomic E-state index is 0.298. The van der Waals surface area contributed by atoms with E-state index in [1.807, 2.05) is 30.3 Å². The summed E-state index contributed by atoms with van der Waals surface area (Å²) >= 11 is 0. The van der Waals surface area contributed by atoms with E-state index < -0.39 is 0 Å². The van der Waals surface area contributed by atoms with Gasteiger partial charge in [0.05, 0.1) is 14.2 Å². The predicted octanol–water partition coefficient (Wildman–Crippen LogP) is 3.82. The van der Waals surface area contributed by atoms with Crippen molar-refractivity contribution in [2.24, 2.45) is 5.92 Å². The third-order valence-corrected chi connectivity index (χ3v) is 3.67. The maximum atomic E-state index is 10.1. The molecule has 0 atom stereocenters. The minimum absolute atomic E-state index is 0.298. The summed E-state index contributed by atoms with van der Waals surface area (Å²) in [7, 11) is 3.29. The van der Waals surface area contributed by atoms with E-state index in [0.717, 1.165) is 34.7 Å². The zero-order valence-electron chi connectivity index (χ0n) is 14.2. The Morgan fingerprint density at radius 2 is 1.83 bits per heavy atom. The lowest BCUT2D eigenvalue weighted by Gasteiger charge is -2.13. The van der Waals surface area contributed by atoms with Crippen molar-refractivity contribution in [1.82, 2.24) is 5.32 Å². The van der Waals surface area contributed by atoms with Gasteiger partial charge in [-0.3, -0.25) is 0 Å². The van der Waals surface area contributed by atoms with Crippen LogP contribution in [0, 0.1) is 5.92 Å². The maximum Gasteiger partial charge on any atom is 0.126 e. The summed E-state index contributed by atoms with van der Waals surface area (Å²) in [6.45, 7) is 5.85. The molecule has 0 aliphatic rings. The topological polar surface area (TPSA) is 50.7 Å². The van der Waals surface area contributed by atoms with Gasteiger partial charge in [-0.15, -0.1) is 0 Å². The number of phenolic OH excluding ortho intramolecular Hbond substituents is 1. The van der Waals surface area contributed by atoms with Gasteiger partial charge < -0.3 is 19.9 Å². The molecule has 0 saturated carbocycles. The molecule has 0 aliphatic carbocycles. The van der Waals surface area contributed by atoms with Gasteiger partial charge in [0, 0.05) is 17.7 Å². The molecule has 23 heavy (non-hydrogen) atoms. The molecule has 2 rings (SSSR count). The molecular weight excluding hydrogens is 290 g/mol. The number of ether oxygens (including phenoxy) is 2. The van der Waals surface area contributed by atoms with E-state index in [9.17, 15) is 5.11 Å². The summed E-state index contributed by atoms with van der Waals surface area (Å²) < 4.78 is 10.8. The Labute approximate surface area is 138 Å². The second-order valence-electron chi connectivity index (χ2n) is 5.93. The zero-order valence-corrected chi connectivity index (χ0v) is 14.2. The molecule has 0 aliphatic heterocycles. The first-order chi connectivity index (χ1) is 11.0. The van der Waals surface area contributed by atoms with Gasteiger partial charge in [-0.2, -0.15) is 0 Å². The molecule has 2 aromatic carbocycles. The fourth-order valence-electron chi connectivity index (χ4n) is 2.43. The van der Waals surface area contributed by atoms with E-state index in [-0.39, 0.29) is 0 Å². The summed E-state index contributed by atoms with van der Waals surface area (Å²) in [5.74, 6) is 2.41. The van der Waals surface area contributed by atoms with Crippen LogP contribution >= 0.6 is 0 Å². The van der Waals surface area contributed by atoms with Gasteiger partial charge in [-0.1, -0.05) is 19.9 Å². The number of benzene rings is 2. The van der Waals surface area contributed by atoms with Crippen molar-refractivity contribution in [3.63, 3.8) is 0 Å². The summed E-state index contributed by atoms with van der Waals surface area (Å²) in [6.07, 6.45) is 0. The van der Waals surface area contributed by atoms with Crippen LogP contribution in [0.5, 0.6) is 17.2 Å². The molecular formula is C19H25NO3. The van der Waals surface area contributed by atoms with Gasteiger partial charge in [0.2, 0.25) is 0 Å². The predicted molar refractivity (Wildman–Crippen MR) is 93.2 cm³/mol. The summed E-state index contributed by atoms with van der Waals surface area (Å²) in [6, 6.07) is 11.3. The molecule has 0 radical (unpaired) electrons. The summed E-state index contributed by atoms with van der Waals surface area (Å²) in [5, 5.41) is 13.4. The fourth-order valence-corrected chi connectivity index (χ4v) is 2.43. The SMILES string of the molecule is COc1ccc(OC)c(-c2ccc(O)c(CNCC(C)C)c2)c1. The van der Waals surface area contributed by atoms with Gasteiger partial charge in [-0.25, -0.2) is 0 Å². The molecule has 0 amide bonds. The van der Waals surface area contributed by atoms with Crippen LogP contribution in [0.1, 0.15) is 19.4 Å². The van der Waals surface area contributed by atoms with Crippen molar-refractivity contribution in [3.05, 3.63) is 42.0 Å². The molecule has 2 N–H and O–H groups in total. The summed E-state index contributed by atoms with van der Waals surface area (Å²) in [4.78, 5) is 0. The number of rotatable bonds is 7. The lowest BCUT2D eigenvalue weighted by Crippen LogP contribution is -2.19. The quantitative estimate of drug-likeness (QED) is 0.815. The molecule has 2 aromatic rings. The number of hydrogen-bond acceptors (Lipinski definition) is 4. The molecule has 4 heteroatoms. The van der Waals surface area contributed by atoms with Crippen molar-refractivity contribution < 1.29 is 14.6 Å². The second kappa shape index (κ2) is 7.88. The van der Waals surface area contributed by atoms with Crippen LogP contribution in [-0.2, 0) is 6.54 Å². The average molecular weight is 315 g/mol. The third kappa shape index (κ3) is 4.39. The number of nitrogens with one attached hydrogen (secondary N) is 1. The van der Waals surface area contributed by atoms with Crippen LogP contribution in [-0.4, -0.2) is 25.9 Å². The molecule has 0 fully saturated rings. The van der Waals surface area contributed by atoms with Crippen LogP contribution in [0.4, 0.5) is 0 Å². The van der Waals surface area contributed by atoms with Gasteiger partial charge in [0.1, 0.15) is 17.2 Å². The average Bonchev–Trinajstić information content (AvgIpc) is 2.55. The third-order valence-electron chi connectivity index (χ3n) is 3.67. The normalized spacial score (nSPS) is 10.8. The Morgan fingerprint density at radius 1 is 1.04 bits per heavy atom. The monoisotopic (exact) mass is 315 g/mol. The Balaban J connectivity index is 2.33. The highest BCUT2D eigenvalue weighted by Crippen LogP contribution is 2.35. The van der Waals surface area contributed by atoms with Gasteiger partial charge in [-0.05, 0) is 48.4 Å². The highest BCUT2D eigenvalue weighted by Gasteiger charge is 2.10. The minimum Gasteiger partial charge on any atom is -0.508 e. The number of methoxy groups -OCH3 is 2. The van der Waals surface area contributed by atoms with Crippen LogP contribution in [0.2, 0.25) is 0 Å². The Bertz CT molecular complexity index is 653. The first kappa shape index (κ1) is 17.2. The van der Waals surface area contributed by atoms with E-state index in [1.165, 1.54) is 0 Å². The van der Waals surface area contributed by atoms with Crippen LogP contribution < -0.4 is 14.8 Å². The Morgan fingerprint density at radius 3 is 2.48 bits per heavy atom. The fraction of sp³-hybridized carbons (Fsp3) is 0.368.